The smallest absolute Gasteiger partial charge is 0.161 e. The summed E-state index contributed by atoms with van der Waals surface area (Å²) in [7, 11) is 3.23. The van der Waals surface area contributed by atoms with Crippen LogP contribution < -0.4 is 9.47 Å². The summed E-state index contributed by atoms with van der Waals surface area (Å²) >= 11 is 0. The summed E-state index contributed by atoms with van der Waals surface area (Å²) in [6.07, 6.45) is 1.19. The van der Waals surface area contributed by atoms with Crippen molar-refractivity contribution in [2.24, 2.45) is 0 Å². The van der Waals surface area contributed by atoms with Crippen LogP contribution in [0.5, 0.6) is 11.5 Å². The minimum absolute atomic E-state index is 0.549. The molecule has 1 saturated heterocycles. The van der Waals surface area contributed by atoms with Crippen LogP contribution >= 0.6 is 0 Å². The monoisotopic (exact) mass is 371 g/mol. The molecule has 0 aliphatic carbocycles. The molecule has 0 aromatic heterocycles. The van der Waals surface area contributed by atoms with Crippen molar-refractivity contribution in [2.45, 2.75) is 18.4 Å². The fourth-order valence-corrected chi connectivity index (χ4v) is 3.56. The Bertz CT molecular complexity index is 716. The third-order valence-electron chi connectivity index (χ3n) is 5.21. The van der Waals surface area contributed by atoms with Crippen LogP contribution in [0.15, 0.2) is 48.5 Å². The van der Waals surface area contributed by atoms with Gasteiger partial charge in [0.05, 0.1) is 33.0 Å². The Kier molecular flexibility index (Phi) is 6.72. The van der Waals surface area contributed by atoms with E-state index in [1.165, 1.54) is 0 Å². The molecular formula is C22H29NO4. The van der Waals surface area contributed by atoms with E-state index in [-0.39, 0.29) is 0 Å². The zero-order chi connectivity index (χ0) is 19.1. The van der Waals surface area contributed by atoms with Crippen LogP contribution in [0.25, 0.3) is 0 Å². The molecule has 0 saturated carbocycles. The number of methoxy groups -OCH3 is 2. The number of rotatable bonds is 8. The minimum atomic E-state index is -0.987. The number of benzene rings is 2. The third kappa shape index (κ3) is 5.01. The standard InChI is InChI=1S/C22H29NO4/c1-25-20-9-8-19(16-21(20)26-2)22(24,17-18-6-4-3-5-7-18)10-11-23-12-14-27-15-13-23/h3-9,16,24H,10-15,17H2,1-2H3. The van der Waals surface area contributed by atoms with Gasteiger partial charge in [0.2, 0.25) is 0 Å². The second kappa shape index (κ2) is 9.22. The molecule has 1 fully saturated rings. The van der Waals surface area contributed by atoms with Gasteiger partial charge < -0.3 is 19.3 Å². The summed E-state index contributed by atoms with van der Waals surface area (Å²) in [4.78, 5) is 2.35. The van der Waals surface area contributed by atoms with E-state index < -0.39 is 5.60 Å². The first-order chi connectivity index (χ1) is 13.1. The molecule has 1 aliphatic rings. The van der Waals surface area contributed by atoms with Gasteiger partial charge in [0.25, 0.3) is 0 Å². The first-order valence-electron chi connectivity index (χ1n) is 9.43. The van der Waals surface area contributed by atoms with Gasteiger partial charge >= 0.3 is 0 Å². The van der Waals surface area contributed by atoms with Crippen LogP contribution in [0.3, 0.4) is 0 Å². The molecule has 0 amide bonds. The molecule has 0 radical (unpaired) electrons. The molecule has 1 heterocycles. The Labute approximate surface area is 161 Å². The number of aliphatic hydroxyl groups is 1. The molecule has 2 aromatic rings. The predicted octanol–water partition coefficient (Wildman–Crippen LogP) is 2.86. The number of nitrogens with zero attached hydrogens (tertiary/aromatic N) is 1. The van der Waals surface area contributed by atoms with Crippen LogP contribution in [0.4, 0.5) is 0 Å². The van der Waals surface area contributed by atoms with E-state index in [1.54, 1.807) is 14.2 Å². The highest BCUT2D eigenvalue weighted by atomic mass is 16.5. The van der Waals surface area contributed by atoms with Crippen LogP contribution in [0.2, 0.25) is 0 Å². The van der Waals surface area contributed by atoms with E-state index >= 15 is 0 Å². The average Bonchev–Trinajstić information content (AvgIpc) is 2.73. The zero-order valence-corrected chi connectivity index (χ0v) is 16.2. The molecule has 146 valence electrons. The van der Waals surface area contributed by atoms with E-state index in [1.807, 2.05) is 36.4 Å². The summed E-state index contributed by atoms with van der Waals surface area (Å²) in [6, 6.07) is 15.8. The number of hydrogen-bond acceptors (Lipinski definition) is 5. The maximum absolute atomic E-state index is 11.7. The summed E-state index contributed by atoms with van der Waals surface area (Å²) < 4.78 is 16.2. The summed E-state index contributed by atoms with van der Waals surface area (Å²) in [5.41, 5.74) is 0.966. The quantitative estimate of drug-likeness (QED) is 0.773. The zero-order valence-electron chi connectivity index (χ0n) is 16.2. The van der Waals surface area contributed by atoms with Gasteiger partial charge in [0.1, 0.15) is 0 Å². The molecule has 3 rings (SSSR count). The van der Waals surface area contributed by atoms with Crippen molar-refractivity contribution in [1.29, 1.82) is 0 Å². The molecule has 0 bridgehead atoms. The van der Waals surface area contributed by atoms with Gasteiger partial charge in [-0.2, -0.15) is 0 Å². The first kappa shape index (κ1) is 19.7. The van der Waals surface area contributed by atoms with E-state index in [0.717, 1.165) is 44.0 Å². The number of hydrogen-bond donors (Lipinski definition) is 1. The van der Waals surface area contributed by atoms with Gasteiger partial charge in [0.15, 0.2) is 11.5 Å². The van der Waals surface area contributed by atoms with Crippen molar-refractivity contribution in [3.8, 4) is 11.5 Å². The third-order valence-corrected chi connectivity index (χ3v) is 5.21. The van der Waals surface area contributed by atoms with Crippen molar-refractivity contribution >= 4 is 0 Å². The fraction of sp³-hybridized carbons (Fsp3) is 0.455. The molecule has 1 N–H and O–H groups in total. The Morgan fingerprint density at radius 3 is 2.37 bits per heavy atom. The topological polar surface area (TPSA) is 51.2 Å². The van der Waals surface area contributed by atoms with Crippen LogP contribution in [-0.4, -0.2) is 57.1 Å². The van der Waals surface area contributed by atoms with E-state index in [4.69, 9.17) is 14.2 Å². The molecule has 27 heavy (non-hydrogen) atoms. The van der Waals surface area contributed by atoms with E-state index in [2.05, 4.69) is 17.0 Å². The van der Waals surface area contributed by atoms with Gasteiger partial charge in [-0.3, -0.25) is 4.90 Å². The van der Waals surface area contributed by atoms with Crippen molar-refractivity contribution in [3.63, 3.8) is 0 Å². The Balaban J connectivity index is 1.86. The van der Waals surface area contributed by atoms with E-state index in [9.17, 15) is 5.11 Å². The average molecular weight is 371 g/mol. The Morgan fingerprint density at radius 1 is 1.00 bits per heavy atom. The Hall–Kier alpha value is -2.08. The van der Waals surface area contributed by atoms with Gasteiger partial charge in [-0.1, -0.05) is 36.4 Å². The number of ether oxygens (including phenoxy) is 3. The minimum Gasteiger partial charge on any atom is -0.493 e. The molecule has 2 aromatic carbocycles. The predicted molar refractivity (Wildman–Crippen MR) is 105 cm³/mol. The first-order valence-corrected chi connectivity index (χ1v) is 9.43. The van der Waals surface area contributed by atoms with Gasteiger partial charge in [-0.25, -0.2) is 0 Å². The largest absolute Gasteiger partial charge is 0.493 e. The van der Waals surface area contributed by atoms with Gasteiger partial charge in [-0.15, -0.1) is 0 Å². The van der Waals surface area contributed by atoms with Crippen molar-refractivity contribution in [3.05, 3.63) is 59.7 Å². The van der Waals surface area contributed by atoms with E-state index in [0.29, 0.717) is 24.3 Å². The SMILES string of the molecule is COc1ccc(C(O)(CCN2CCOCC2)Cc2ccccc2)cc1OC. The molecule has 5 nitrogen and oxygen atoms in total. The van der Waals surface area contributed by atoms with Gasteiger partial charge in [-0.05, 0) is 29.7 Å². The highest BCUT2D eigenvalue weighted by molar-refractivity contribution is 5.45. The second-order valence-electron chi connectivity index (χ2n) is 6.97. The maximum Gasteiger partial charge on any atom is 0.161 e. The lowest BCUT2D eigenvalue weighted by molar-refractivity contribution is -0.00463. The normalized spacial score (nSPS) is 17.3. The van der Waals surface area contributed by atoms with Crippen molar-refractivity contribution in [2.75, 3.05) is 47.1 Å². The number of morpholine rings is 1. The Morgan fingerprint density at radius 2 is 1.70 bits per heavy atom. The summed E-state index contributed by atoms with van der Waals surface area (Å²) in [5.74, 6) is 1.30. The lowest BCUT2D eigenvalue weighted by Gasteiger charge is -2.34. The highest BCUT2D eigenvalue weighted by Gasteiger charge is 2.31. The lowest BCUT2D eigenvalue weighted by Crippen LogP contribution is -2.40. The summed E-state index contributed by atoms with van der Waals surface area (Å²) in [5, 5.41) is 11.7. The molecule has 0 spiro atoms. The molecule has 1 aliphatic heterocycles. The molecule has 5 heteroatoms. The fourth-order valence-electron chi connectivity index (χ4n) is 3.56. The van der Waals surface area contributed by atoms with Crippen LogP contribution in [0.1, 0.15) is 17.5 Å². The highest BCUT2D eigenvalue weighted by Crippen LogP contribution is 2.36. The molecule has 1 atom stereocenters. The van der Waals surface area contributed by atoms with Crippen LogP contribution in [0, 0.1) is 0 Å². The maximum atomic E-state index is 11.7. The molecule has 1 unspecified atom stereocenters. The second-order valence-corrected chi connectivity index (χ2v) is 6.97. The van der Waals surface area contributed by atoms with Crippen LogP contribution in [-0.2, 0) is 16.8 Å². The lowest BCUT2D eigenvalue weighted by atomic mass is 9.84. The van der Waals surface area contributed by atoms with Crippen molar-refractivity contribution in [1.82, 2.24) is 4.90 Å². The van der Waals surface area contributed by atoms with Gasteiger partial charge in [0, 0.05) is 26.1 Å². The molecular weight excluding hydrogens is 342 g/mol. The summed E-state index contributed by atoms with van der Waals surface area (Å²) in [6.45, 7) is 4.16. The van der Waals surface area contributed by atoms with Crippen molar-refractivity contribution < 1.29 is 19.3 Å².